The summed E-state index contributed by atoms with van der Waals surface area (Å²) in [5.74, 6) is 2.40. The van der Waals surface area contributed by atoms with E-state index < -0.39 is 20.7 Å². The smallest absolute Gasteiger partial charge is 0.170 e. The molecule has 0 aliphatic heterocycles. The molecule has 0 saturated heterocycles. The maximum absolute atomic E-state index is 12.1. The molecule has 0 nitrogen and oxygen atoms in total. The van der Waals surface area contributed by atoms with Crippen LogP contribution in [-0.2, 0) is 0 Å². The lowest BCUT2D eigenvalue weighted by molar-refractivity contribution is -0.123. The van der Waals surface area contributed by atoms with Crippen molar-refractivity contribution < 1.29 is 13.2 Å². The molecule has 0 aliphatic carbocycles. The molecule has 0 radical (unpaired) electrons. The fraction of sp³-hybridized carbons (Fsp3) is 0.846. The van der Waals surface area contributed by atoms with E-state index in [2.05, 4.69) is 53.0 Å². The fourth-order valence-electron chi connectivity index (χ4n) is 2.73. The van der Waals surface area contributed by atoms with Gasteiger partial charge in [0, 0.05) is 0 Å². The minimum absolute atomic E-state index is 0.378. The van der Waals surface area contributed by atoms with Gasteiger partial charge in [0.1, 0.15) is 14.5 Å². The van der Waals surface area contributed by atoms with Crippen molar-refractivity contribution >= 4 is 8.07 Å². The van der Waals surface area contributed by atoms with Gasteiger partial charge in [-0.1, -0.05) is 41.5 Å². The average Bonchev–Trinajstić information content (AvgIpc) is 2.08. The van der Waals surface area contributed by atoms with E-state index in [4.69, 9.17) is 0 Å². The van der Waals surface area contributed by atoms with Gasteiger partial charge in [-0.05, 0) is 16.6 Å². The van der Waals surface area contributed by atoms with Crippen molar-refractivity contribution in [3.63, 3.8) is 0 Å². The summed E-state index contributed by atoms with van der Waals surface area (Å²) in [5, 5.41) is 0. The Morgan fingerprint density at radius 2 is 1.24 bits per heavy atom. The Hall–Kier alpha value is -0.433. The summed E-state index contributed by atoms with van der Waals surface area (Å²) in [5.41, 5.74) is 4.19. The standard InChI is InChI=1S/C13H23F3Si/c1-10(2)17(11(3)4,12(5)6)9-7-8-13(14,15)16/h10-12H,8H2,1-6H3. The topological polar surface area (TPSA) is 0 Å². The summed E-state index contributed by atoms with van der Waals surface area (Å²) in [6.07, 6.45) is -5.15. The lowest BCUT2D eigenvalue weighted by Crippen LogP contribution is -2.43. The normalized spacial score (nSPS) is 13.2. The molecule has 17 heavy (non-hydrogen) atoms. The second-order valence-corrected chi connectivity index (χ2v) is 11.1. The first-order valence-corrected chi connectivity index (χ1v) is 8.34. The molecule has 100 valence electrons. The van der Waals surface area contributed by atoms with Crippen molar-refractivity contribution in [2.75, 3.05) is 0 Å². The first-order valence-electron chi connectivity index (χ1n) is 6.10. The van der Waals surface area contributed by atoms with Crippen LogP contribution in [0.25, 0.3) is 0 Å². The summed E-state index contributed by atoms with van der Waals surface area (Å²) in [4.78, 5) is 0. The highest BCUT2D eigenvalue weighted by molar-refractivity contribution is 6.90. The Morgan fingerprint density at radius 3 is 1.47 bits per heavy atom. The van der Waals surface area contributed by atoms with Crippen LogP contribution in [0.5, 0.6) is 0 Å². The van der Waals surface area contributed by atoms with Gasteiger partial charge in [0.15, 0.2) is 0 Å². The van der Waals surface area contributed by atoms with E-state index in [9.17, 15) is 13.2 Å². The summed E-state index contributed by atoms with van der Waals surface area (Å²) >= 11 is 0. The Morgan fingerprint density at radius 1 is 0.882 bits per heavy atom. The number of hydrogen-bond donors (Lipinski definition) is 0. The van der Waals surface area contributed by atoms with Gasteiger partial charge in [-0.3, -0.25) is 0 Å². The minimum atomic E-state index is -4.17. The molecule has 0 rings (SSSR count). The van der Waals surface area contributed by atoms with E-state index in [0.717, 1.165) is 0 Å². The van der Waals surface area contributed by atoms with Gasteiger partial charge in [-0.25, -0.2) is 0 Å². The third kappa shape index (κ3) is 4.38. The molecular weight excluding hydrogens is 241 g/mol. The molecule has 0 aromatic heterocycles. The van der Waals surface area contributed by atoms with Crippen LogP contribution in [0.2, 0.25) is 16.6 Å². The third-order valence-electron chi connectivity index (χ3n) is 3.46. The van der Waals surface area contributed by atoms with Crippen molar-refractivity contribution in [3.05, 3.63) is 0 Å². The monoisotopic (exact) mass is 264 g/mol. The number of hydrogen-bond acceptors (Lipinski definition) is 0. The van der Waals surface area contributed by atoms with Crippen LogP contribution in [-0.4, -0.2) is 14.3 Å². The third-order valence-corrected chi connectivity index (χ3v) is 9.80. The first-order chi connectivity index (χ1) is 7.54. The molecule has 0 amide bonds. The maximum Gasteiger partial charge on any atom is 0.399 e. The number of alkyl halides is 3. The summed E-state index contributed by atoms with van der Waals surface area (Å²) in [6.45, 7) is 12.6. The molecular formula is C13H23F3Si. The lowest BCUT2D eigenvalue weighted by Gasteiger charge is -2.38. The van der Waals surface area contributed by atoms with Crippen molar-refractivity contribution in [1.82, 2.24) is 0 Å². The molecule has 0 aliphatic rings. The van der Waals surface area contributed by atoms with Crippen molar-refractivity contribution in [2.24, 2.45) is 0 Å². The molecule has 0 N–H and O–H groups in total. The van der Waals surface area contributed by atoms with Gasteiger partial charge >= 0.3 is 6.18 Å². The molecule has 0 aromatic carbocycles. The van der Waals surface area contributed by atoms with Gasteiger partial charge < -0.3 is 0 Å². The Bertz CT molecular complexity index is 270. The second-order valence-electron chi connectivity index (χ2n) is 5.49. The number of rotatable bonds is 3. The Labute approximate surface area is 104 Å². The quantitative estimate of drug-likeness (QED) is 0.488. The Balaban J connectivity index is 5.20. The highest BCUT2D eigenvalue weighted by Gasteiger charge is 2.41. The highest BCUT2D eigenvalue weighted by Crippen LogP contribution is 2.40. The fourth-order valence-corrected chi connectivity index (χ4v) is 7.99. The molecule has 0 aromatic rings. The lowest BCUT2D eigenvalue weighted by atomic mass is 10.4. The van der Waals surface area contributed by atoms with Gasteiger partial charge in [-0.2, -0.15) is 13.2 Å². The van der Waals surface area contributed by atoms with Gasteiger partial charge in [-0.15, -0.1) is 11.5 Å². The van der Waals surface area contributed by atoms with E-state index in [1.54, 1.807) is 0 Å². The van der Waals surface area contributed by atoms with Crippen molar-refractivity contribution in [3.8, 4) is 11.5 Å². The zero-order valence-corrected chi connectivity index (χ0v) is 12.6. The van der Waals surface area contributed by atoms with Crippen LogP contribution >= 0.6 is 0 Å². The summed E-state index contributed by atoms with van der Waals surface area (Å²) in [6, 6.07) is 0. The molecule has 0 spiro atoms. The van der Waals surface area contributed by atoms with Crippen LogP contribution in [0.4, 0.5) is 13.2 Å². The van der Waals surface area contributed by atoms with Crippen LogP contribution in [0.15, 0.2) is 0 Å². The predicted molar refractivity (Wildman–Crippen MR) is 69.5 cm³/mol. The van der Waals surface area contributed by atoms with Gasteiger partial charge in [0.25, 0.3) is 0 Å². The van der Waals surface area contributed by atoms with E-state index in [1.807, 2.05) is 0 Å². The van der Waals surface area contributed by atoms with Gasteiger partial charge in [0.2, 0.25) is 0 Å². The molecule has 0 fully saturated rings. The summed E-state index contributed by atoms with van der Waals surface area (Å²) < 4.78 is 36.4. The highest BCUT2D eigenvalue weighted by atomic mass is 28.3. The van der Waals surface area contributed by atoms with E-state index in [0.29, 0.717) is 16.6 Å². The molecule has 0 bridgehead atoms. The van der Waals surface area contributed by atoms with E-state index >= 15 is 0 Å². The molecule has 4 heteroatoms. The average molecular weight is 264 g/mol. The van der Waals surface area contributed by atoms with E-state index in [1.165, 1.54) is 0 Å². The second kappa shape index (κ2) is 5.95. The van der Waals surface area contributed by atoms with Gasteiger partial charge in [0.05, 0.1) is 0 Å². The zero-order valence-electron chi connectivity index (χ0n) is 11.6. The van der Waals surface area contributed by atoms with Crippen LogP contribution in [0, 0.1) is 11.5 Å². The van der Waals surface area contributed by atoms with E-state index in [-0.39, 0.29) is 0 Å². The minimum Gasteiger partial charge on any atom is -0.170 e. The SMILES string of the molecule is CC(C)[Si](C#CCC(F)(F)F)(C(C)C)C(C)C. The summed E-state index contributed by atoms with van der Waals surface area (Å²) in [7, 11) is -1.99. The molecule has 0 unspecified atom stereocenters. The van der Waals surface area contributed by atoms with Crippen molar-refractivity contribution in [1.29, 1.82) is 0 Å². The largest absolute Gasteiger partial charge is 0.399 e. The molecule has 0 saturated carbocycles. The Kier molecular flexibility index (Phi) is 5.80. The molecule has 0 heterocycles. The first kappa shape index (κ1) is 16.6. The van der Waals surface area contributed by atoms with Crippen LogP contribution in [0.3, 0.4) is 0 Å². The van der Waals surface area contributed by atoms with Crippen LogP contribution < -0.4 is 0 Å². The molecule has 0 atom stereocenters. The predicted octanol–water partition coefficient (Wildman–Crippen LogP) is 5.16. The number of halogens is 3. The zero-order chi connectivity index (χ0) is 13.9. The van der Waals surface area contributed by atoms with Crippen molar-refractivity contribution in [2.45, 2.75) is 70.8 Å². The van der Waals surface area contributed by atoms with Crippen LogP contribution in [0.1, 0.15) is 48.0 Å². The maximum atomic E-state index is 12.1.